The molecule has 0 saturated carbocycles. The van der Waals surface area contributed by atoms with Crippen molar-refractivity contribution in [3.63, 3.8) is 0 Å². The van der Waals surface area contributed by atoms with Crippen LogP contribution >= 0.6 is 0 Å². The molecule has 2 aliphatic heterocycles. The Morgan fingerprint density at radius 1 is 0.310 bits per heavy atom. The maximum absolute atomic E-state index is 5.43. The maximum atomic E-state index is 5.43. The van der Waals surface area contributed by atoms with Gasteiger partial charge in [0.2, 0.25) is 0 Å². The molecule has 13 rings (SSSR count). The zero-order chi connectivity index (χ0) is 48.7. The van der Waals surface area contributed by atoms with Gasteiger partial charge in [-0.25, -0.2) is 0 Å². The summed E-state index contributed by atoms with van der Waals surface area (Å²) in [7, 11) is 0. The molecule has 4 nitrogen and oxygen atoms in total. The van der Waals surface area contributed by atoms with E-state index in [4.69, 9.17) is 9.98 Å². The second kappa shape index (κ2) is 15.1. The summed E-state index contributed by atoms with van der Waals surface area (Å²) in [6.07, 6.45) is 0. The van der Waals surface area contributed by atoms with Crippen molar-refractivity contribution in [3.8, 4) is 44.5 Å². The van der Waals surface area contributed by atoms with E-state index < -0.39 is 5.41 Å². The highest BCUT2D eigenvalue weighted by molar-refractivity contribution is 6.15. The van der Waals surface area contributed by atoms with E-state index in [0.717, 1.165) is 34.2 Å². The fourth-order valence-corrected chi connectivity index (χ4v) is 12.4. The minimum Gasteiger partial charge on any atom is -0.318 e. The Kier molecular flexibility index (Phi) is 9.19. The molecule has 9 aromatic rings. The molecule has 4 aliphatic rings. The molecule has 0 fully saturated rings. The third kappa shape index (κ3) is 5.97. The number of fused-ring (bicyclic) bond motifs is 12. The van der Waals surface area contributed by atoms with Gasteiger partial charge in [0.25, 0.3) is 0 Å². The molecule has 0 saturated heterocycles. The van der Waals surface area contributed by atoms with E-state index in [1.807, 2.05) is 0 Å². The summed E-state index contributed by atoms with van der Waals surface area (Å²) in [6.45, 7) is 18.2. The first-order valence-corrected chi connectivity index (χ1v) is 25.2. The number of hydrogen-bond donors (Lipinski definition) is 0. The smallest absolute Gasteiger partial charge is 0.136 e. The van der Waals surface area contributed by atoms with E-state index in [1.165, 1.54) is 77.5 Å². The third-order valence-corrected chi connectivity index (χ3v) is 17.4. The van der Waals surface area contributed by atoms with Crippen LogP contribution in [0.15, 0.2) is 216 Å². The molecule has 0 amide bonds. The lowest BCUT2D eigenvalue weighted by molar-refractivity contribution is 0.338. The average Bonchev–Trinajstić information content (AvgIpc) is 3.99. The summed E-state index contributed by atoms with van der Waals surface area (Å²) in [5, 5.41) is 2.52. The minimum atomic E-state index is -0.537. The van der Waals surface area contributed by atoms with Gasteiger partial charge in [0.15, 0.2) is 0 Å². The molecule has 0 radical (unpaired) electrons. The highest BCUT2D eigenvalue weighted by Crippen LogP contribution is 2.65. The van der Waals surface area contributed by atoms with Crippen molar-refractivity contribution in [2.75, 3.05) is 9.80 Å². The Morgan fingerprint density at radius 3 is 1.25 bits per heavy atom. The van der Waals surface area contributed by atoms with Gasteiger partial charge in [-0.2, -0.15) is 0 Å². The fraction of sp³-hybridized carbons (Fsp3) is 0.194. The first-order valence-electron chi connectivity index (χ1n) is 25.2. The Bertz CT molecular complexity index is 3640. The molecule has 4 heteroatoms. The molecule has 0 aromatic heterocycles. The zero-order valence-corrected chi connectivity index (χ0v) is 41.9. The van der Waals surface area contributed by atoms with Crippen molar-refractivity contribution < 1.29 is 0 Å². The summed E-state index contributed by atoms with van der Waals surface area (Å²) in [6, 6.07) is 76.9. The Hall–Kier alpha value is -7.82. The highest BCUT2D eigenvalue weighted by Gasteiger charge is 2.54. The summed E-state index contributed by atoms with van der Waals surface area (Å²) in [4.78, 5) is 15.7. The number of nitrogens with zero attached hydrogens (tertiary/aromatic N) is 4. The van der Waals surface area contributed by atoms with Gasteiger partial charge in [0.05, 0.1) is 27.6 Å². The van der Waals surface area contributed by atoms with Crippen LogP contribution in [-0.2, 0) is 5.41 Å². The topological polar surface area (TPSA) is 31.2 Å². The van der Waals surface area contributed by atoms with Gasteiger partial charge in [-0.15, -0.1) is 0 Å². The molecule has 0 unspecified atom stereocenters. The molecule has 71 heavy (non-hydrogen) atoms. The number of rotatable bonds is 6. The van der Waals surface area contributed by atoms with Crippen LogP contribution < -0.4 is 9.80 Å². The molecule has 346 valence electrons. The van der Waals surface area contributed by atoms with Gasteiger partial charge in [0.1, 0.15) is 11.7 Å². The van der Waals surface area contributed by atoms with Crippen molar-refractivity contribution in [2.45, 2.75) is 83.0 Å². The number of anilines is 2. The van der Waals surface area contributed by atoms with Crippen LogP contribution in [0.25, 0.3) is 55.3 Å². The number of amidine groups is 2. The molecule has 2 heterocycles. The van der Waals surface area contributed by atoms with Crippen molar-refractivity contribution in [2.24, 2.45) is 9.98 Å². The third-order valence-electron chi connectivity index (χ3n) is 17.4. The lowest BCUT2D eigenvalue weighted by Crippen LogP contribution is -2.53. The van der Waals surface area contributed by atoms with E-state index in [1.54, 1.807) is 0 Å². The monoisotopic (exact) mass is 918 g/mol. The van der Waals surface area contributed by atoms with E-state index in [9.17, 15) is 0 Å². The number of para-hydroxylation sites is 2. The van der Waals surface area contributed by atoms with Crippen LogP contribution in [0.5, 0.6) is 0 Å². The number of aliphatic imine (C=N–C) groups is 2. The Morgan fingerprint density at radius 2 is 0.732 bits per heavy atom. The highest BCUT2D eigenvalue weighted by atomic mass is 15.3. The van der Waals surface area contributed by atoms with Gasteiger partial charge < -0.3 is 9.80 Å². The van der Waals surface area contributed by atoms with Crippen molar-refractivity contribution in [3.05, 3.63) is 240 Å². The quantitative estimate of drug-likeness (QED) is 0.166. The predicted molar refractivity (Wildman–Crippen MR) is 298 cm³/mol. The van der Waals surface area contributed by atoms with Gasteiger partial charge >= 0.3 is 0 Å². The summed E-state index contributed by atoms with van der Waals surface area (Å²) < 4.78 is 0. The van der Waals surface area contributed by atoms with Gasteiger partial charge in [0, 0.05) is 22.5 Å². The summed E-state index contributed by atoms with van der Waals surface area (Å²) in [5.41, 5.74) is 18.3. The van der Waals surface area contributed by atoms with Gasteiger partial charge in [-0.05, 0) is 169 Å². The second-order valence-corrected chi connectivity index (χ2v) is 22.1. The lowest BCUT2D eigenvalue weighted by atomic mass is 9.69. The van der Waals surface area contributed by atoms with E-state index in [0.29, 0.717) is 0 Å². The molecular weight excluding hydrogens is 861 g/mol. The Balaban J connectivity index is 0.967. The summed E-state index contributed by atoms with van der Waals surface area (Å²) in [5.74, 6) is 2.01. The van der Waals surface area contributed by atoms with Crippen LogP contribution in [0.4, 0.5) is 11.4 Å². The number of benzene rings is 9. The van der Waals surface area contributed by atoms with Crippen molar-refractivity contribution >= 4 is 33.8 Å². The average molecular weight is 919 g/mol. The normalized spacial score (nSPS) is 18.0. The number of hydrogen-bond acceptors (Lipinski definition) is 4. The molecule has 2 aliphatic carbocycles. The second-order valence-electron chi connectivity index (χ2n) is 22.1. The van der Waals surface area contributed by atoms with E-state index in [-0.39, 0.29) is 22.2 Å². The predicted octanol–water partition coefficient (Wildman–Crippen LogP) is 16.2. The molecular formula is C67H58N4. The van der Waals surface area contributed by atoms with Gasteiger partial charge in [-0.1, -0.05) is 170 Å². The lowest BCUT2D eigenvalue weighted by Gasteiger charge is -2.41. The van der Waals surface area contributed by atoms with E-state index >= 15 is 0 Å². The first kappa shape index (κ1) is 43.2. The first-order chi connectivity index (χ1) is 34.2. The largest absolute Gasteiger partial charge is 0.318 e. The van der Waals surface area contributed by atoms with Gasteiger partial charge in [-0.3, -0.25) is 9.98 Å². The van der Waals surface area contributed by atoms with E-state index in [2.05, 4.69) is 271 Å². The van der Waals surface area contributed by atoms with Crippen molar-refractivity contribution in [1.82, 2.24) is 0 Å². The van der Waals surface area contributed by atoms with Crippen LogP contribution in [0.1, 0.15) is 88.8 Å². The SMILES string of the molecule is CC1(C)N=C(c2ccc(-c3ccc4c(c3)C3(c5ccccc5-c5ccccc53)c3cc(-c5ccc(C6=NC(C)(C)C(C)(C)N6c6ccccc6)cc5)c5ccccc5c3-4)cc2)N(c2ccccc2)C1(C)C. The Labute approximate surface area is 418 Å². The molecule has 0 bridgehead atoms. The summed E-state index contributed by atoms with van der Waals surface area (Å²) >= 11 is 0. The van der Waals surface area contributed by atoms with Crippen LogP contribution in [0.3, 0.4) is 0 Å². The van der Waals surface area contributed by atoms with Crippen molar-refractivity contribution in [1.29, 1.82) is 0 Å². The molecule has 0 N–H and O–H groups in total. The minimum absolute atomic E-state index is 0.225. The molecule has 9 aromatic carbocycles. The van der Waals surface area contributed by atoms with Crippen LogP contribution in [0, 0.1) is 0 Å². The molecule has 1 spiro atoms. The van der Waals surface area contributed by atoms with Crippen LogP contribution in [-0.4, -0.2) is 33.8 Å². The fourth-order valence-electron chi connectivity index (χ4n) is 12.4. The maximum Gasteiger partial charge on any atom is 0.136 e. The standard InChI is InChI=1S/C67H58N4/c1-63(2)65(5,6)70(48-21-11-9-12-22-48)61(68-63)45-35-31-43(32-36-45)47-39-40-54-58(41-47)67(56-29-19-17-26-51(56)52-27-18-20-30-57(52)67)59-42-55(50-25-15-16-28-53(50)60(54)59)44-33-37-46(38-34-44)62-69-64(3,4)66(7,8)71(62)49-23-13-10-14-24-49/h9-42H,1-8H3. The zero-order valence-electron chi connectivity index (χ0n) is 41.9. The molecule has 0 atom stereocenters. The van der Waals surface area contributed by atoms with Crippen LogP contribution in [0.2, 0.25) is 0 Å².